The van der Waals surface area contributed by atoms with Gasteiger partial charge in [0, 0.05) is 25.4 Å². The topological polar surface area (TPSA) is 76.3 Å². The van der Waals surface area contributed by atoms with Gasteiger partial charge in [-0.25, -0.2) is 15.0 Å². The van der Waals surface area contributed by atoms with E-state index >= 15 is 0 Å². The number of aromatic nitrogens is 4. The maximum atomic E-state index is 10.5. The molecule has 142 valence electrons. The molecule has 7 nitrogen and oxygen atoms in total. The lowest BCUT2D eigenvalue weighted by atomic mass is 10.2. The van der Waals surface area contributed by atoms with Crippen molar-refractivity contribution in [3.63, 3.8) is 0 Å². The highest BCUT2D eigenvalue weighted by Crippen LogP contribution is 2.26. The minimum Gasteiger partial charge on any atom is -0.390 e. The summed E-state index contributed by atoms with van der Waals surface area (Å²) in [5.74, 6) is 0.833. The average Bonchev–Trinajstić information content (AvgIpc) is 3.11. The molecule has 4 rings (SSSR count). The molecule has 1 aromatic carbocycles. The number of aliphatic hydroxyl groups excluding tert-OH is 1. The molecule has 3 aromatic rings. The molecule has 1 aliphatic heterocycles. The number of nitrogens with zero attached hydrogens (tertiary/aromatic N) is 5. The lowest BCUT2D eigenvalue weighted by Gasteiger charge is -2.28. The van der Waals surface area contributed by atoms with Gasteiger partial charge in [-0.3, -0.25) is 4.90 Å². The van der Waals surface area contributed by atoms with Crippen molar-refractivity contribution in [2.75, 3.05) is 32.8 Å². The van der Waals surface area contributed by atoms with Crippen LogP contribution in [0, 0.1) is 0 Å². The Labute approximate surface area is 162 Å². The van der Waals surface area contributed by atoms with Gasteiger partial charge in [0.2, 0.25) is 0 Å². The van der Waals surface area contributed by atoms with Gasteiger partial charge in [-0.15, -0.1) is 0 Å². The van der Waals surface area contributed by atoms with Gasteiger partial charge in [0.25, 0.3) is 0 Å². The fraction of sp³-hybridized carbons (Fsp3) is 0.421. The van der Waals surface area contributed by atoms with Crippen LogP contribution in [0.5, 0.6) is 0 Å². The summed E-state index contributed by atoms with van der Waals surface area (Å²) in [5, 5.41) is 11.3. The minimum atomic E-state index is -0.476. The second-order valence-electron chi connectivity index (χ2n) is 6.59. The molecule has 1 saturated heterocycles. The van der Waals surface area contributed by atoms with Gasteiger partial charge < -0.3 is 14.4 Å². The summed E-state index contributed by atoms with van der Waals surface area (Å²) in [6.45, 7) is 4.29. The van der Waals surface area contributed by atoms with E-state index in [1.165, 1.54) is 5.56 Å². The van der Waals surface area contributed by atoms with Crippen molar-refractivity contribution in [3.05, 3.63) is 48.5 Å². The maximum absolute atomic E-state index is 10.5. The first-order valence-electron chi connectivity index (χ1n) is 9.10. The largest absolute Gasteiger partial charge is 0.390 e. The number of rotatable bonds is 7. The quantitative estimate of drug-likeness (QED) is 0.491. The number of hydrogen-bond acceptors (Lipinski definition) is 7. The van der Waals surface area contributed by atoms with Crippen molar-refractivity contribution in [1.82, 2.24) is 24.4 Å². The lowest BCUT2D eigenvalue weighted by Crippen LogP contribution is -2.41. The second-order valence-corrected chi connectivity index (χ2v) is 7.55. The molecule has 0 aliphatic carbocycles. The highest BCUT2D eigenvalue weighted by Gasteiger charge is 2.17. The Morgan fingerprint density at radius 1 is 1.07 bits per heavy atom. The van der Waals surface area contributed by atoms with E-state index in [9.17, 15) is 5.11 Å². The number of aliphatic hydroxyl groups is 1. The Hall–Kier alpha value is -2.00. The van der Waals surface area contributed by atoms with Crippen LogP contribution in [-0.4, -0.2) is 68.5 Å². The molecule has 0 radical (unpaired) electrons. The number of benzene rings is 1. The average molecular weight is 385 g/mol. The fourth-order valence-corrected chi connectivity index (χ4v) is 4.09. The molecule has 0 bridgehead atoms. The third-order valence-electron chi connectivity index (χ3n) is 4.57. The van der Waals surface area contributed by atoms with Gasteiger partial charge in [-0.2, -0.15) is 0 Å². The van der Waals surface area contributed by atoms with Crippen molar-refractivity contribution in [1.29, 1.82) is 0 Å². The highest BCUT2D eigenvalue weighted by atomic mass is 32.2. The summed E-state index contributed by atoms with van der Waals surface area (Å²) in [7, 11) is 0. The number of fused-ring (bicyclic) bond motifs is 1. The van der Waals surface area contributed by atoms with Crippen molar-refractivity contribution < 1.29 is 9.84 Å². The van der Waals surface area contributed by atoms with Gasteiger partial charge in [0.15, 0.2) is 5.65 Å². The first-order valence-corrected chi connectivity index (χ1v) is 10.1. The zero-order valence-corrected chi connectivity index (χ0v) is 15.9. The smallest absolute Gasteiger partial charge is 0.164 e. The summed E-state index contributed by atoms with van der Waals surface area (Å²) in [6, 6.07) is 10.3. The predicted octanol–water partition coefficient (Wildman–Crippen LogP) is 1.81. The van der Waals surface area contributed by atoms with Gasteiger partial charge in [0.1, 0.15) is 16.9 Å². The predicted molar refractivity (Wildman–Crippen MR) is 105 cm³/mol. The maximum Gasteiger partial charge on any atom is 0.164 e. The standard InChI is InChI=1S/C19H23N5O2S/c25-16(10-23-6-8-26-9-7-23)11-24-14-22-17-18(24)20-13-21-19(17)27-12-15-4-2-1-3-5-15/h1-5,13-14,16,25H,6-12H2/t16-/m0/s1. The van der Waals surface area contributed by atoms with Crippen molar-refractivity contribution >= 4 is 22.9 Å². The van der Waals surface area contributed by atoms with E-state index in [0.29, 0.717) is 13.1 Å². The molecule has 1 atom stereocenters. The van der Waals surface area contributed by atoms with Crippen LogP contribution >= 0.6 is 11.8 Å². The van der Waals surface area contributed by atoms with Crippen LogP contribution in [0.4, 0.5) is 0 Å². The Morgan fingerprint density at radius 3 is 2.70 bits per heavy atom. The zero-order valence-electron chi connectivity index (χ0n) is 15.1. The fourth-order valence-electron chi connectivity index (χ4n) is 3.19. The second kappa shape index (κ2) is 8.79. The Bertz CT molecular complexity index is 867. The molecule has 0 unspecified atom stereocenters. The van der Waals surface area contributed by atoms with E-state index in [1.807, 2.05) is 22.8 Å². The summed E-state index contributed by atoms with van der Waals surface area (Å²) >= 11 is 1.65. The van der Waals surface area contributed by atoms with Gasteiger partial charge in [-0.1, -0.05) is 42.1 Å². The summed E-state index contributed by atoms with van der Waals surface area (Å²) < 4.78 is 7.27. The Balaban J connectivity index is 1.43. The molecule has 27 heavy (non-hydrogen) atoms. The molecule has 3 heterocycles. The normalized spacial score (nSPS) is 16.6. The molecular formula is C19H23N5O2S. The van der Waals surface area contributed by atoms with E-state index in [2.05, 4.69) is 32.0 Å². The molecule has 0 amide bonds. The molecular weight excluding hydrogens is 362 g/mol. The summed E-state index contributed by atoms with van der Waals surface area (Å²) in [4.78, 5) is 15.5. The zero-order chi connectivity index (χ0) is 18.5. The van der Waals surface area contributed by atoms with Crippen LogP contribution in [0.25, 0.3) is 11.2 Å². The molecule has 0 saturated carbocycles. The minimum absolute atomic E-state index is 0.466. The Kier molecular flexibility index (Phi) is 5.98. The van der Waals surface area contributed by atoms with Crippen LogP contribution in [0.2, 0.25) is 0 Å². The monoisotopic (exact) mass is 385 g/mol. The summed E-state index contributed by atoms with van der Waals surface area (Å²) in [6.07, 6.45) is 2.84. The molecule has 1 aliphatic rings. The molecule has 1 fully saturated rings. The number of thioether (sulfide) groups is 1. The number of morpholine rings is 1. The molecule has 2 aromatic heterocycles. The highest BCUT2D eigenvalue weighted by molar-refractivity contribution is 7.98. The van der Waals surface area contributed by atoms with E-state index in [1.54, 1.807) is 24.4 Å². The SMILES string of the molecule is O[C@@H](CN1CCOCC1)Cn1cnc2c(SCc3ccccc3)ncnc21. The number of ether oxygens (including phenoxy) is 1. The van der Waals surface area contributed by atoms with Crippen LogP contribution < -0.4 is 0 Å². The van der Waals surface area contributed by atoms with E-state index in [0.717, 1.165) is 48.2 Å². The first kappa shape index (κ1) is 18.4. The van der Waals surface area contributed by atoms with Crippen molar-refractivity contribution in [3.8, 4) is 0 Å². The molecule has 1 N–H and O–H groups in total. The number of hydrogen-bond donors (Lipinski definition) is 1. The van der Waals surface area contributed by atoms with E-state index < -0.39 is 6.10 Å². The van der Waals surface area contributed by atoms with Crippen LogP contribution in [0.3, 0.4) is 0 Å². The number of imidazole rings is 1. The van der Waals surface area contributed by atoms with Crippen LogP contribution in [-0.2, 0) is 17.0 Å². The third kappa shape index (κ3) is 4.65. The van der Waals surface area contributed by atoms with Crippen molar-refractivity contribution in [2.45, 2.75) is 23.4 Å². The summed E-state index contributed by atoms with van der Waals surface area (Å²) in [5.41, 5.74) is 2.80. The van der Waals surface area contributed by atoms with Crippen LogP contribution in [0.1, 0.15) is 5.56 Å². The third-order valence-corrected chi connectivity index (χ3v) is 5.62. The number of β-amino-alcohol motifs (C(OH)–C–C–N with tert-alkyl or cyclic N) is 1. The van der Waals surface area contributed by atoms with Crippen LogP contribution in [0.15, 0.2) is 48.0 Å². The van der Waals surface area contributed by atoms with Gasteiger partial charge in [0.05, 0.1) is 32.2 Å². The first-order chi connectivity index (χ1) is 13.3. The van der Waals surface area contributed by atoms with Gasteiger partial charge in [-0.05, 0) is 5.56 Å². The molecule has 0 spiro atoms. The van der Waals surface area contributed by atoms with Gasteiger partial charge >= 0.3 is 0 Å². The lowest BCUT2D eigenvalue weighted by molar-refractivity contribution is 0.0117. The van der Waals surface area contributed by atoms with Crippen molar-refractivity contribution in [2.24, 2.45) is 0 Å². The Morgan fingerprint density at radius 2 is 1.89 bits per heavy atom. The van der Waals surface area contributed by atoms with E-state index in [4.69, 9.17) is 4.74 Å². The van der Waals surface area contributed by atoms with E-state index in [-0.39, 0.29) is 0 Å². The molecule has 8 heteroatoms.